The van der Waals surface area contributed by atoms with Crippen molar-refractivity contribution in [2.24, 2.45) is 5.92 Å². The third-order valence-corrected chi connectivity index (χ3v) is 5.38. The summed E-state index contributed by atoms with van der Waals surface area (Å²) in [5.41, 5.74) is 0. The zero-order chi connectivity index (χ0) is 19.1. The summed E-state index contributed by atoms with van der Waals surface area (Å²) in [6.07, 6.45) is 6.82. The molecule has 2 fully saturated rings. The molecule has 0 unspecified atom stereocenters. The van der Waals surface area contributed by atoms with Gasteiger partial charge in [-0.1, -0.05) is 0 Å². The van der Waals surface area contributed by atoms with Gasteiger partial charge in [-0.25, -0.2) is 4.98 Å². The van der Waals surface area contributed by atoms with Gasteiger partial charge in [0.1, 0.15) is 5.82 Å². The van der Waals surface area contributed by atoms with Crippen molar-refractivity contribution in [1.29, 1.82) is 0 Å². The van der Waals surface area contributed by atoms with Crippen molar-refractivity contribution in [3.05, 3.63) is 12.3 Å². The fourth-order valence-electron chi connectivity index (χ4n) is 3.78. The third-order valence-electron chi connectivity index (χ3n) is 5.38. The second-order valence-electron chi connectivity index (χ2n) is 7.31. The van der Waals surface area contributed by atoms with E-state index < -0.39 is 0 Å². The molecule has 0 spiro atoms. The van der Waals surface area contributed by atoms with E-state index in [1.807, 2.05) is 18.0 Å². The summed E-state index contributed by atoms with van der Waals surface area (Å²) in [7, 11) is 1.81. The first kappa shape index (κ1) is 19.4. The quantitative estimate of drug-likeness (QED) is 0.666. The van der Waals surface area contributed by atoms with E-state index in [2.05, 4.69) is 25.5 Å². The molecule has 8 heteroatoms. The number of likely N-dealkylation sites (tertiary alicyclic amines) is 1. The van der Waals surface area contributed by atoms with Gasteiger partial charge in [-0.3, -0.25) is 9.59 Å². The largest absolute Gasteiger partial charge is 0.357 e. The summed E-state index contributed by atoms with van der Waals surface area (Å²) < 4.78 is 0. The lowest BCUT2D eigenvalue weighted by Crippen LogP contribution is -2.37. The van der Waals surface area contributed by atoms with Crippen LogP contribution in [-0.2, 0) is 9.59 Å². The minimum Gasteiger partial charge on any atom is -0.357 e. The smallest absolute Gasteiger partial charge is 0.224 e. The van der Waals surface area contributed by atoms with Gasteiger partial charge < -0.3 is 20.4 Å². The molecular weight excluding hydrogens is 344 g/mol. The summed E-state index contributed by atoms with van der Waals surface area (Å²) in [6, 6.07) is 1.93. The lowest BCUT2D eigenvalue weighted by Gasteiger charge is -2.32. The molecule has 0 radical (unpaired) electrons. The number of rotatable bonds is 8. The zero-order valence-corrected chi connectivity index (χ0v) is 16.1. The van der Waals surface area contributed by atoms with Crippen LogP contribution in [0.4, 0.5) is 11.8 Å². The highest BCUT2D eigenvalue weighted by Gasteiger charge is 2.23. The Labute approximate surface area is 160 Å². The van der Waals surface area contributed by atoms with Gasteiger partial charge in [0.25, 0.3) is 0 Å². The molecule has 0 bridgehead atoms. The van der Waals surface area contributed by atoms with Crippen molar-refractivity contribution in [3.63, 3.8) is 0 Å². The molecular formula is C19H30N6O2. The molecule has 2 amide bonds. The number of hydrogen-bond acceptors (Lipinski definition) is 6. The first-order chi connectivity index (χ1) is 13.2. The highest BCUT2D eigenvalue weighted by Crippen LogP contribution is 2.24. The molecule has 2 aliphatic rings. The molecule has 8 nitrogen and oxygen atoms in total. The van der Waals surface area contributed by atoms with Crippen LogP contribution >= 0.6 is 0 Å². The lowest BCUT2D eigenvalue weighted by molar-refractivity contribution is -0.127. The molecule has 1 aromatic heterocycles. The standard InChI is InChI=1S/C19H30N6O2/c1-20-19-22-9-5-16(23-19)24-12-6-15(7-13-24)14-17(26)21-8-3-11-25-10-2-4-18(25)27/h5,9,15H,2-4,6-8,10-14H2,1H3,(H,21,26)(H,20,22,23). The van der Waals surface area contributed by atoms with Gasteiger partial charge in [0.15, 0.2) is 0 Å². The summed E-state index contributed by atoms with van der Waals surface area (Å²) in [5.74, 6) is 2.37. The molecule has 148 valence electrons. The highest BCUT2D eigenvalue weighted by molar-refractivity contribution is 5.78. The molecule has 0 aromatic carbocycles. The predicted octanol–water partition coefficient (Wildman–Crippen LogP) is 1.25. The fourth-order valence-corrected chi connectivity index (χ4v) is 3.78. The molecule has 3 rings (SSSR count). The van der Waals surface area contributed by atoms with Gasteiger partial charge in [0.2, 0.25) is 17.8 Å². The van der Waals surface area contributed by atoms with Crippen LogP contribution in [0.5, 0.6) is 0 Å². The van der Waals surface area contributed by atoms with Gasteiger partial charge in [-0.05, 0) is 37.7 Å². The predicted molar refractivity (Wildman–Crippen MR) is 105 cm³/mol. The molecule has 27 heavy (non-hydrogen) atoms. The summed E-state index contributed by atoms with van der Waals surface area (Å²) in [4.78, 5) is 36.5. The average Bonchev–Trinajstić information content (AvgIpc) is 3.10. The van der Waals surface area contributed by atoms with Crippen LogP contribution in [0.15, 0.2) is 12.3 Å². The van der Waals surface area contributed by atoms with Crippen LogP contribution in [0.2, 0.25) is 0 Å². The maximum Gasteiger partial charge on any atom is 0.224 e. The minimum absolute atomic E-state index is 0.126. The average molecular weight is 374 g/mol. The first-order valence-corrected chi connectivity index (χ1v) is 9.96. The Hall–Kier alpha value is -2.38. The Morgan fingerprint density at radius 3 is 2.81 bits per heavy atom. The van der Waals surface area contributed by atoms with Crippen LogP contribution in [0.25, 0.3) is 0 Å². The minimum atomic E-state index is 0.126. The summed E-state index contributed by atoms with van der Waals surface area (Å²) in [6.45, 7) is 4.10. The Kier molecular flexibility index (Phi) is 6.84. The maximum absolute atomic E-state index is 12.2. The van der Waals surface area contributed by atoms with Crippen LogP contribution in [-0.4, -0.2) is 66.5 Å². The number of nitrogens with one attached hydrogen (secondary N) is 2. The number of amides is 2. The third kappa shape index (κ3) is 5.55. The Balaban J connectivity index is 1.32. The van der Waals surface area contributed by atoms with E-state index in [0.29, 0.717) is 31.3 Å². The summed E-state index contributed by atoms with van der Waals surface area (Å²) in [5, 5.41) is 5.97. The van der Waals surface area contributed by atoms with Crippen molar-refractivity contribution in [3.8, 4) is 0 Å². The lowest BCUT2D eigenvalue weighted by atomic mass is 9.93. The molecule has 2 aliphatic heterocycles. The van der Waals surface area contributed by atoms with E-state index in [9.17, 15) is 9.59 Å². The van der Waals surface area contributed by atoms with E-state index in [-0.39, 0.29) is 11.8 Å². The number of anilines is 2. The number of hydrogen-bond donors (Lipinski definition) is 2. The zero-order valence-electron chi connectivity index (χ0n) is 16.1. The Bertz CT molecular complexity index is 645. The molecule has 0 saturated carbocycles. The molecule has 1 aromatic rings. The number of carbonyl (C=O) groups excluding carboxylic acids is 2. The van der Waals surface area contributed by atoms with Gasteiger partial charge >= 0.3 is 0 Å². The Morgan fingerprint density at radius 1 is 1.30 bits per heavy atom. The Morgan fingerprint density at radius 2 is 2.11 bits per heavy atom. The monoisotopic (exact) mass is 374 g/mol. The van der Waals surface area contributed by atoms with Crippen molar-refractivity contribution in [2.75, 3.05) is 50.0 Å². The van der Waals surface area contributed by atoms with Gasteiger partial charge in [0.05, 0.1) is 0 Å². The van der Waals surface area contributed by atoms with E-state index in [0.717, 1.165) is 57.7 Å². The number of carbonyl (C=O) groups is 2. The van der Waals surface area contributed by atoms with Gasteiger partial charge in [-0.15, -0.1) is 0 Å². The summed E-state index contributed by atoms with van der Waals surface area (Å²) >= 11 is 0. The van der Waals surface area contributed by atoms with Gasteiger partial charge in [0, 0.05) is 58.8 Å². The van der Waals surface area contributed by atoms with E-state index >= 15 is 0 Å². The number of aromatic nitrogens is 2. The molecule has 0 atom stereocenters. The normalized spacial score (nSPS) is 18.0. The molecule has 0 aliphatic carbocycles. The first-order valence-electron chi connectivity index (χ1n) is 9.96. The number of piperidine rings is 1. The van der Waals surface area contributed by atoms with E-state index in [1.165, 1.54) is 0 Å². The van der Waals surface area contributed by atoms with Crippen molar-refractivity contribution in [2.45, 2.75) is 38.5 Å². The molecule has 3 heterocycles. The van der Waals surface area contributed by atoms with Gasteiger partial charge in [-0.2, -0.15) is 4.98 Å². The highest BCUT2D eigenvalue weighted by atomic mass is 16.2. The number of nitrogens with zero attached hydrogens (tertiary/aromatic N) is 4. The second kappa shape index (κ2) is 9.53. The van der Waals surface area contributed by atoms with Crippen LogP contribution in [0.1, 0.15) is 38.5 Å². The van der Waals surface area contributed by atoms with Crippen molar-refractivity contribution >= 4 is 23.6 Å². The van der Waals surface area contributed by atoms with Crippen LogP contribution in [0, 0.1) is 5.92 Å². The van der Waals surface area contributed by atoms with Crippen molar-refractivity contribution in [1.82, 2.24) is 20.2 Å². The molecule has 2 saturated heterocycles. The van der Waals surface area contributed by atoms with E-state index in [4.69, 9.17) is 0 Å². The topological polar surface area (TPSA) is 90.5 Å². The fraction of sp³-hybridized carbons (Fsp3) is 0.684. The second-order valence-corrected chi connectivity index (χ2v) is 7.31. The van der Waals surface area contributed by atoms with E-state index in [1.54, 1.807) is 6.20 Å². The van der Waals surface area contributed by atoms with Crippen LogP contribution < -0.4 is 15.5 Å². The maximum atomic E-state index is 12.2. The molecule has 2 N–H and O–H groups in total. The SMILES string of the molecule is CNc1nccc(N2CCC(CC(=O)NCCCN3CCCC3=O)CC2)n1. The van der Waals surface area contributed by atoms with Crippen molar-refractivity contribution < 1.29 is 9.59 Å². The van der Waals surface area contributed by atoms with Crippen LogP contribution in [0.3, 0.4) is 0 Å².